The van der Waals surface area contributed by atoms with Gasteiger partial charge in [0.05, 0.1) is 23.3 Å². The summed E-state index contributed by atoms with van der Waals surface area (Å²) in [6.07, 6.45) is 0. The Bertz CT molecular complexity index is 1030. The third-order valence-electron chi connectivity index (χ3n) is 3.89. The summed E-state index contributed by atoms with van der Waals surface area (Å²) in [5.74, 6) is 0.246. The van der Waals surface area contributed by atoms with E-state index in [2.05, 4.69) is 25.7 Å². The molecule has 1 unspecified atom stereocenters. The van der Waals surface area contributed by atoms with Gasteiger partial charge < -0.3 is 9.15 Å². The number of benzene rings is 1. The summed E-state index contributed by atoms with van der Waals surface area (Å²) < 4.78 is 12.7. The summed E-state index contributed by atoms with van der Waals surface area (Å²) in [6, 6.07) is 8.77. The Morgan fingerprint density at radius 2 is 2.15 bits per heavy atom. The van der Waals surface area contributed by atoms with Gasteiger partial charge in [-0.15, -0.1) is 0 Å². The van der Waals surface area contributed by atoms with Crippen LogP contribution in [0.5, 0.6) is 0 Å². The average Bonchev–Trinajstić information content (AvgIpc) is 3.12. The highest BCUT2D eigenvalue weighted by Crippen LogP contribution is 2.35. The molecule has 136 valence electrons. The fraction of sp³-hybridized carbons (Fsp3) is 0.278. The van der Waals surface area contributed by atoms with Crippen molar-refractivity contribution in [3.05, 3.63) is 56.7 Å². The van der Waals surface area contributed by atoms with Crippen LogP contribution >= 0.6 is 27.7 Å². The van der Waals surface area contributed by atoms with Gasteiger partial charge in [0.2, 0.25) is 5.76 Å². The number of hydrogen-bond acceptors (Lipinski definition) is 6. The van der Waals surface area contributed by atoms with Crippen LogP contribution in [0.3, 0.4) is 0 Å². The molecule has 0 fully saturated rings. The SMILES string of the molecule is CCn1c(SC(C)c2ccc(C(=O)OC)o2)nc2ccc(Br)cc2c1=O. The van der Waals surface area contributed by atoms with E-state index in [0.717, 1.165) is 4.47 Å². The van der Waals surface area contributed by atoms with E-state index in [9.17, 15) is 9.59 Å². The lowest BCUT2D eigenvalue weighted by atomic mass is 10.2. The number of ether oxygens (including phenoxy) is 1. The Kier molecular flexibility index (Phi) is 5.52. The van der Waals surface area contributed by atoms with Crippen LogP contribution in [0.4, 0.5) is 0 Å². The van der Waals surface area contributed by atoms with E-state index >= 15 is 0 Å². The standard InChI is InChI=1S/C18H17BrN2O4S/c1-4-21-16(22)12-9-11(19)5-6-13(12)20-18(21)26-10(2)14-7-8-15(25-14)17(23)24-3/h5-10H,4H2,1-3H3. The van der Waals surface area contributed by atoms with Crippen LogP contribution in [-0.2, 0) is 11.3 Å². The van der Waals surface area contributed by atoms with E-state index in [0.29, 0.717) is 28.4 Å². The Morgan fingerprint density at radius 3 is 2.85 bits per heavy atom. The second-order valence-corrected chi connectivity index (χ2v) is 7.78. The van der Waals surface area contributed by atoms with Crippen molar-refractivity contribution in [3.63, 3.8) is 0 Å². The van der Waals surface area contributed by atoms with E-state index in [1.807, 2.05) is 26.0 Å². The fourth-order valence-corrected chi connectivity index (χ4v) is 3.95. The lowest BCUT2D eigenvalue weighted by Crippen LogP contribution is -2.22. The smallest absolute Gasteiger partial charge is 0.373 e. The van der Waals surface area contributed by atoms with Crippen LogP contribution in [-0.4, -0.2) is 22.6 Å². The van der Waals surface area contributed by atoms with Gasteiger partial charge in [0.25, 0.3) is 5.56 Å². The molecule has 0 aliphatic carbocycles. The van der Waals surface area contributed by atoms with Gasteiger partial charge >= 0.3 is 5.97 Å². The second kappa shape index (κ2) is 7.67. The summed E-state index contributed by atoms with van der Waals surface area (Å²) in [6.45, 7) is 4.35. The average molecular weight is 437 g/mol. The van der Waals surface area contributed by atoms with Gasteiger partial charge in [0.1, 0.15) is 5.76 Å². The Balaban J connectivity index is 1.97. The summed E-state index contributed by atoms with van der Waals surface area (Å²) in [5, 5.41) is 1.05. The van der Waals surface area contributed by atoms with E-state index < -0.39 is 5.97 Å². The first-order valence-electron chi connectivity index (χ1n) is 7.99. The van der Waals surface area contributed by atoms with Gasteiger partial charge in [0.15, 0.2) is 5.16 Å². The number of carbonyl (C=O) groups excluding carboxylic acids is 1. The first-order chi connectivity index (χ1) is 12.4. The summed E-state index contributed by atoms with van der Waals surface area (Å²) in [4.78, 5) is 29.0. The topological polar surface area (TPSA) is 74.3 Å². The van der Waals surface area contributed by atoms with Crippen molar-refractivity contribution >= 4 is 44.6 Å². The maximum Gasteiger partial charge on any atom is 0.373 e. The number of hydrogen-bond donors (Lipinski definition) is 0. The zero-order chi connectivity index (χ0) is 18.8. The van der Waals surface area contributed by atoms with Crippen LogP contribution in [0.15, 0.2) is 49.2 Å². The van der Waals surface area contributed by atoms with Gasteiger partial charge in [-0.25, -0.2) is 9.78 Å². The number of rotatable bonds is 5. The molecule has 0 aliphatic rings. The molecule has 0 amide bonds. The lowest BCUT2D eigenvalue weighted by molar-refractivity contribution is 0.0563. The highest BCUT2D eigenvalue weighted by molar-refractivity contribution is 9.10. The van der Waals surface area contributed by atoms with E-state index in [4.69, 9.17) is 4.42 Å². The van der Waals surface area contributed by atoms with Crippen LogP contribution in [0.2, 0.25) is 0 Å². The van der Waals surface area contributed by atoms with Crippen molar-refractivity contribution in [2.75, 3.05) is 7.11 Å². The zero-order valence-corrected chi connectivity index (χ0v) is 16.9. The van der Waals surface area contributed by atoms with E-state index in [1.54, 1.807) is 22.8 Å². The maximum absolute atomic E-state index is 12.8. The number of esters is 1. The van der Waals surface area contributed by atoms with Gasteiger partial charge in [-0.1, -0.05) is 27.7 Å². The molecular formula is C18H17BrN2O4S. The fourth-order valence-electron chi connectivity index (χ4n) is 2.54. The van der Waals surface area contributed by atoms with Gasteiger partial charge in [-0.2, -0.15) is 0 Å². The molecule has 3 rings (SSSR count). The number of thioether (sulfide) groups is 1. The Labute approximate surface area is 162 Å². The number of carbonyl (C=O) groups is 1. The molecule has 8 heteroatoms. The number of aromatic nitrogens is 2. The van der Waals surface area contributed by atoms with Crippen molar-refractivity contribution in [1.82, 2.24) is 9.55 Å². The highest BCUT2D eigenvalue weighted by atomic mass is 79.9. The largest absolute Gasteiger partial charge is 0.463 e. The zero-order valence-electron chi connectivity index (χ0n) is 14.5. The normalized spacial score (nSPS) is 12.3. The third kappa shape index (κ3) is 3.57. The van der Waals surface area contributed by atoms with Crippen molar-refractivity contribution in [1.29, 1.82) is 0 Å². The minimum atomic E-state index is -0.520. The number of methoxy groups -OCH3 is 1. The summed E-state index contributed by atoms with van der Waals surface area (Å²) >= 11 is 4.80. The maximum atomic E-state index is 12.8. The Hall–Kier alpha value is -2.06. The first kappa shape index (κ1) is 18.7. The number of furan rings is 1. The van der Waals surface area contributed by atoms with Crippen molar-refractivity contribution in [2.24, 2.45) is 0 Å². The molecule has 0 radical (unpaired) electrons. The summed E-state index contributed by atoms with van der Waals surface area (Å²) in [7, 11) is 1.31. The molecular weight excluding hydrogens is 420 g/mol. The molecule has 26 heavy (non-hydrogen) atoms. The van der Waals surface area contributed by atoms with Crippen molar-refractivity contribution in [3.8, 4) is 0 Å². The highest BCUT2D eigenvalue weighted by Gasteiger charge is 2.19. The summed E-state index contributed by atoms with van der Waals surface area (Å²) in [5.41, 5.74) is 0.565. The minimum Gasteiger partial charge on any atom is -0.463 e. The second-order valence-electron chi connectivity index (χ2n) is 5.56. The molecule has 1 aromatic carbocycles. The Morgan fingerprint density at radius 1 is 1.38 bits per heavy atom. The number of halogens is 1. The molecule has 0 N–H and O–H groups in total. The van der Waals surface area contributed by atoms with Gasteiger partial charge in [-0.3, -0.25) is 9.36 Å². The van der Waals surface area contributed by atoms with Gasteiger partial charge in [0, 0.05) is 11.0 Å². The monoisotopic (exact) mass is 436 g/mol. The van der Waals surface area contributed by atoms with Crippen LogP contribution in [0.1, 0.15) is 35.4 Å². The predicted octanol–water partition coefficient (Wildman–Crippen LogP) is 4.41. The van der Waals surface area contributed by atoms with E-state index in [1.165, 1.54) is 18.9 Å². The molecule has 0 spiro atoms. The quantitative estimate of drug-likeness (QED) is 0.335. The molecule has 0 aliphatic heterocycles. The molecule has 2 heterocycles. The third-order valence-corrected chi connectivity index (χ3v) is 5.50. The van der Waals surface area contributed by atoms with Gasteiger partial charge in [-0.05, 0) is 44.2 Å². The van der Waals surface area contributed by atoms with Crippen LogP contribution in [0, 0.1) is 0 Å². The molecule has 0 saturated heterocycles. The molecule has 1 atom stereocenters. The lowest BCUT2D eigenvalue weighted by Gasteiger charge is -2.14. The first-order valence-corrected chi connectivity index (χ1v) is 9.66. The van der Waals surface area contributed by atoms with Crippen molar-refractivity contribution < 1.29 is 13.9 Å². The van der Waals surface area contributed by atoms with Crippen molar-refractivity contribution in [2.45, 2.75) is 30.8 Å². The molecule has 3 aromatic rings. The minimum absolute atomic E-state index is 0.0804. The predicted molar refractivity (Wildman–Crippen MR) is 104 cm³/mol. The van der Waals surface area contributed by atoms with Crippen LogP contribution in [0.25, 0.3) is 10.9 Å². The number of fused-ring (bicyclic) bond motifs is 1. The number of nitrogens with zero attached hydrogens (tertiary/aromatic N) is 2. The molecule has 6 nitrogen and oxygen atoms in total. The van der Waals surface area contributed by atoms with E-state index in [-0.39, 0.29) is 16.6 Å². The molecule has 0 bridgehead atoms. The molecule has 0 saturated carbocycles. The van der Waals surface area contributed by atoms with Crippen LogP contribution < -0.4 is 5.56 Å². The molecule has 2 aromatic heterocycles.